The average molecular weight is 450 g/mol. The summed E-state index contributed by atoms with van der Waals surface area (Å²) in [5.41, 5.74) is 3.32. The van der Waals surface area contributed by atoms with Gasteiger partial charge in [-0.1, -0.05) is 18.0 Å². The molecule has 1 atom stereocenters. The maximum absolute atomic E-state index is 12.9. The SMILES string of the molecule is C[C@H]1CCCCN1S(=O)(=O)c1ccc(C(=O)Nc2ccc(Cl)c3ncsc23)cc1. The van der Waals surface area contributed by atoms with E-state index in [4.69, 9.17) is 11.6 Å². The molecule has 0 bridgehead atoms. The highest BCUT2D eigenvalue weighted by atomic mass is 35.5. The number of hydrogen-bond acceptors (Lipinski definition) is 5. The molecule has 1 N–H and O–H groups in total. The summed E-state index contributed by atoms with van der Waals surface area (Å²) in [5.74, 6) is -0.322. The van der Waals surface area contributed by atoms with Crippen molar-refractivity contribution in [3.8, 4) is 0 Å². The van der Waals surface area contributed by atoms with Crippen LogP contribution in [0.5, 0.6) is 0 Å². The van der Waals surface area contributed by atoms with Crippen LogP contribution in [0.25, 0.3) is 10.2 Å². The fourth-order valence-electron chi connectivity index (χ4n) is 3.55. The number of anilines is 1. The van der Waals surface area contributed by atoms with Gasteiger partial charge in [0.1, 0.15) is 5.52 Å². The lowest BCUT2D eigenvalue weighted by molar-refractivity contribution is 0.102. The fraction of sp³-hybridized carbons (Fsp3) is 0.300. The number of carbonyl (C=O) groups excluding carboxylic acids is 1. The molecule has 0 radical (unpaired) electrons. The maximum Gasteiger partial charge on any atom is 0.255 e. The van der Waals surface area contributed by atoms with Crippen molar-refractivity contribution in [1.29, 1.82) is 0 Å². The van der Waals surface area contributed by atoms with Crippen molar-refractivity contribution in [2.75, 3.05) is 11.9 Å². The van der Waals surface area contributed by atoms with Gasteiger partial charge in [-0.05, 0) is 56.2 Å². The van der Waals surface area contributed by atoms with Crippen LogP contribution in [0, 0.1) is 0 Å². The van der Waals surface area contributed by atoms with Gasteiger partial charge in [0.05, 0.1) is 25.8 Å². The number of carbonyl (C=O) groups is 1. The normalized spacial score (nSPS) is 18.1. The zero-order valence-electron chi connectivity index (χ0n) is 15.8. The Kier molecular flexibility index (Phi) is 5.61. The van der Waals surface area contributed by atoms with Gasteiger partial charge in [-0.3, -0.25) is 4.79 Å². The molecule has 1 aliphatic heterocycles. The van der Waals surface area contributed by atoms with E-state index in [2.05, 4.69) is 10.3 Å². The number of nitrogens with one attached hydrogen (secondary N) is 1. The van der Waals surface area contributed by atoms with Crippen molar-refractivity contribution >= 4 is 54.8 Å². The van der Waals surface area contributed by atoms with Crippen molar-refractivity contribution < 1.29 is 13.2 Å². The highest BCUT2D eigenvalue weighted by Crippen LogP contribution is 2.32. The topological polar surface area (TPSA) is 79.4 Å². The number of benzene rings is 2. The van der Waals surface area contributed by atoms with Gasteiger partial charge in [0.25, 0.3) is 5.91 Å². The molecule has 0 aliphatic carbocycles. The first-order chi connectivity index (χ1) is 13.9. The molecule has 2 heterocycles. The zero-order valence-corrected chi connectivity index (χ0v) is 18.1. The fourth-order valence-corrected chi connectivity index (χ4v) is 6.30. The van der Waals surface area contributed by atoms with Crippen molar-refractivity contribution in [1.82, 2.24) is 9.29 Å². The quantitative estimate of drug-likeness (QED) is 0.622. The average Bonchev–Trinajstić information content (AvgIpc) is 3.21. The van der Waals surface area contributed by atoms with Crippen LogP contribution < -0.4 is 5.32 Å². The highest BCUT2D eigenvalue weighted by Gasteiger charge is 2.30. The molecule has 0 spiro atoms. The second-order valence-corrected chi connectivity index (χ2v) is 10.2. The summed E-state index contributed by atoms with van der Waals surface area (Å²) < 4.78 is 28.2. The summed E-state index contributed by atoms with van der Waals surface area (Å²) in [6.45, 7) is 2.47. The summed E-state index contributed by atoms with van der Waals surface area (Å²) >= 11 is 7.52. The van der Waals surface area contributed by atoms with E-state index in [9.17, 15) is 13.2 Å². The molecule has 1 aliphatic rings. The number of amides is 1. The number of halogens is 1. The largest absolute Gasteiger partial charge is 0.321 e. The molecule has 1 amide bonds. The molecule has 2 aromatic carbocycles. The van der Waals surface area contributed by atoms with Gasteiger partial charge >= 0.3 is 0 Å². The molecule has 0 saturated carbocycles. The minimum absolute atomic E-state index is 0.0107. The maximum atomic E-state index is 12.9. The molecule has 0 unspecified atom stereocenters. The second kappa shape index (κ2) is 8.02. The van der Waals surface area contributed by atoms with Crippen LogP contribution in [0.1, 0.15) is 36.5 Å². The number of rotatable bonds is 4. The number of nitrogens with zero attached hydrogens (tertiary/aromatic N) is 2. The van der Waals surface area contributed by atoms with E-state index < -0.39 is 10.0 Å². The first-order valence-corrected chi connectivity index (χ1v) is 12.0. The van der Waals surface area contributed by atoms with E-state index in [0.29, 0.717) is 28.3 Å². The van der Waals surface area contributed by atoms with Crippen LogP contribution in [0.15, 0.2) is 46.8 Å². The van der Waals surface area contributed by atoms with Gasteiger partial charge in [-0.25, -0.2) is 13.4 Å². The third-order valence-corrected chi connectivity index (χ3v) is 8.34. The first kappa shape index (κ1) is 20.3. The van der Waals surface area contributed by atoms with Crippen LogP contribution >= 0.6 is 22.9 Å². The predicted molar refractivity (Wildman–Crippen MR) is 116 cm³/mol. The smallest absolute Gasteiger partial charge is 0.255 e. The van der Waals surface area contributed by atoms with Crippen molar-refractivity contribution in [3.05, 3.63) is 52.5 Å². The molecule has 1 fully saturated rings. The lowest BCUT2D eigenvalue weighted by atomic mass is 10.1. The molecule has 6 nitrogen and oxygen atoms in total. The zero-order chi connectivity index (χ0) is 20.6. The Morgan fingerprint density at radius 2 is 1.97 bits per heavy atom. The third-order valence-electron chi connectivity index (χ3n) is 5.15. The first-order valence-electron chi connectivity index (χ1n) is 9.33. The number of thiazole rings is 1. The molecular formula is C20H20ClN3O3S2. The monoisotopic (exact) mass is 449 g/mol. The van der Waals surface area contributed by atoms with Crippen molar-refractivity contribution in [3.63, 3.8) is 0 Å². The van der Waals surface area contributed by atoms with Crippen molar-refractivity contribution in [2.45, 2.75) is 37.1 Å². The Balaban J connectivity index is 1.55. The van der Waals surface area contributed by atoms with E-state index in [1.165, 1.54) is 35.6 Å². The van der Waals surface area contributed by atoms with Gasteiger partial charge in [0.15, 0.2) is 0 Å². The summed E-state index contributed by atoms with van der Waals surface area (Å²) in [5, 5.41) is 3.38. The van der Waals surface area contributed by atoms with Gasteiger partial charge in [0.2, 0.25) is 10.0 Å². The number of piperidine rings is 1. The number of aromatic nitrogens is 1. The standard InChI is InChI=1S/C20H20ClN3O3S2/c1-13-4-2-3-11-24(13)29(26,27)15-7-5-14(6-8-15)20(25)23-17-10-9-16(21)18-19(17)28-12-22-18/h5-10,12-13H,2-4,11H2,1H3,(H,23,25)/t13-/m0/s1. The van der Waals surface area contributed by atoms with Gasteiger partial charge in [-0.15, -0.1) is 11.3 Å². The van der Waals surface area contributed by atoms with Gasteiger partial charge in [0, 0.05) is 18.2 Å². The number of hydrogen-bond donors (Lipinski definition) is 1. The Morgan fingerprint density at radius 1 is 1.21 bits per heavy atom. The molecule has 29 heavy (non-hydrogen) atoms. The van der Waals surface area contributed by atoms with Gasteiger partial charge in [-0.2, -0.15) is 4.31 Å². The van der Waals surface area contributed by atoms with Crippen LogP contribution in [0.2, 0.25) is 5.02 Å². The summed E-state index contributed by atoms with van der Waals surface area (Å²) in [4.78, 5) is 17.1. The predicted octanol–water partition coefficient (Wildman–Crippen LogP) is 4.77. The lowest BCUT2D eigenvalue weighted by Gasteiger charge is -2.32. The molecule has 1 saturated heterocycles. The third kappa shape index (κ3) is 3.90. The van der Waals surface area contributed by atoms with Crippen LogP contribution in [-0.4, -0.2) is 36.2 Å². The summed E-state index contributed by atoms with van der Waals surface area (Å²) in [6, 6.07) is 9.48. The minimum atomic E-state index is -3.56. The molecule has 152 valence electrons. The van der Waals surface area contributed by atoms with Gasteiger partial charge < -0.3 is 5.32 Å². The van der Waals surface area contributed by atoms with Crippen molar-refractivity contribution in [2.24, 2.45) is 0 Å². The molecule has 9 heteroatoms. The second-order valence-electron chi connectivity index (χ2n) is 7.06. The summed E-state index contributed by atoms with van der Waals surface area (Å²) in [7, 11) is -3.56. The van der Waals surface area contributed by atoms with E-state index in [1.807, 2.05) is 6.92 Å². The van der Waals surface area contributed by atoms with Crippen LogP contribution in [-0.2, 0) is 10.0 Å². The van der Waals surface area contributed by atoms with E-state index >= 15 is 0 Å². The Bertz CT molecular complexity index is 1160. The van der Waals surface area contributed by atoms with E-state index in [-0.39, 0.29) is 16.8 Å². The minimum Gasteiger partial charge on any atom is -0.321 e. The lowest BCUT2D eigenvalue weighted by Crippen LogP contribution is -2.41. The molecule has 3 aromatic rings. The van der Waals surface area contributed by atoms with E-state index in [1.54, 1.807) is 21.9 Å². The molecular weight excluding hydrogens is 430 g/mol. The Labute approximate surface area is 178 Å². The number of fused-ring (bicyclic) bond motifs is 1. The summed E-state index contributed by atoms with van der Waals surface area (Å²) in [6.07, 6.45) is 2.79. The molecule has 1 aromatic heterocycles. The Morgan fingerprint density at radius 3 is 2.69 bits per heavy atom. The van der Waals surface area contributed by atoms with Crippen LogP contribution in [0.3, 0.4) is 0 Å². The van der Waals surface area contributed by atoms with Crippen LogP contribution in [0.4, 0.5) is 5.69 Å². The van der Waals surface area contributed by atoms with E-state index in [0.717, 1.165) is 24.0 Å². The number of sulfonamides is 1. The molecule has 4 rings (SSSR count). The highest BCUT2D eigenvalue weighted by molar-refractivity contribution is 7.89. The Hall–Kier alpha value is -2.00.